The highest BCUT2D eigenvalue weighted by molar-refractivity contribution is 4.82. The predicted octanol–water partition coefficient (Wildman–Crippen LogP) is 0.537. The van der Waals surface area contributed by atoms with E-state index >= 15 is 0 Å². The van der Waals surface area contributed by atoms with Crippen molar-refractivity contribution in [2.75, 3.05) is 33.2 Å². The van der Waals surface area contributed by atoms with Crippen molar-refractivity contribution in [2.24, 2.45) is 0 Å². The Balaban J connectivity index is 1.82. The average Bonchev–Trinajstić information content (AvgIpc) is 2.19. The van der Waals surface area contributed by atoms with Gasteiger partial charge in [-0.3, -0.25) is 4.90 Å². The first-order chi connectivity index (χ1) is 6.75. The molecular formula is C11H22N2O. The van der Waals surface area contributed by atoms with Gasteiger partial charge in [0.2, 0.25) is 0 Å². The third-order valence-corrected chi connectivity index (χ3v) is 3.62. The van der Waals surface area contributed by atoms with Crippen molar-refractivity contribution in [3.63, 3.8) is 0 Å². The first-order valence-electron chi connectivity index (χ1n) is 5.86. The lowest BCUT2D eigenvalue weighted by Crippen LogP contribution is -2.50. The van der Waals surface area contributed by atoms with Crippen LogP contribution < -0.4 is 0 Å². The van der Waals surface area contributed by atoms with Crippen molar-refractivity contribution in [2.45, 2.75) is 37.8 Å². The molecule has 2 heterocycles. The minimum atomic E-state index is -0.0347. The van der Waals surface area contributed by atoms with Crippen LogP contribution in [0.4, 0.5) is 0 Å². The van der Waals surface area contributed by atoms with Crippen LogP contribution in [0.25, 0.3) is 0 Å². The Morgan fingerprint density at radius 2 is 1.79 bits per heavy atom. The summed E-state index contributed by atoms with van der Waals surface area (Å²) in [5.74, 6) is 0. The summed E-state index contributed by atoms with van der Waals surface area (Å²) < 4.78 is 0. The van der Waals surface area contributed by atoms with Crippen molar-refractivity contribution < 1.29 is 5.11 Å². The monoisotopic (exact) mass is 198 g/mol. The van der Waals surface area contributed by atoms with Crippen LogP contribution in [0.1, 0.15) is 25.7 Å². The maximum Gasteiger partial charge on any atom is 0.0564 e. The molecule has 0 radical (unpaired) electrons. The van der Waals surface area contributed by atoms with Gasteiger partial charge in [-0.25, -0.2) is 0 Å². The number of rotatable bonds is 1. The molecule has 1 unspecified atom stereocenters. The number of likely N-dealkylation sites (tertiary alicyclic amines) is 2. The van der Waals surface area contributed by atoms with Crippen LogP contribution in [0, 0.1) is 0 Å². The molecular weight excluding hydrogens is 176 g/mol. The molecule has 1 atom stereocenters. The SMILES string of the molecule is CN1CCCC(N2CCC(O)CC2)C1. The van der Waals surface area contributed by atoms with Gasteiger partial charge in [0.25, 0.3) is 0 Å². The number of hydrogen-bond donors (Lipinski definition) is 1. The largest absolute Gasteiger partial charge is 0.393 e. The number of aliphatic hydroxyl groups is 1. The van der Waals surface area contributed by atoms with E-state index in [9.17, 15) is 5.11 Å². The fourth-order valence-corrected chi connectivity index (χ4v) is 2.69. The number of piperidine rings is 2. The molecule has 0 aliphatic carbocycles. The van der Waals surface area contributed by atoms with E-state index in [0.29, 0.717) is 0 Å². The van der Waals surface area contributed by atoms with E-state index in [1.165, 1.54) is 25.9 Å². The highest BCUT2D eigenvalue weighted by atomic mass is 16.3. The highest BCUT2D eigenvalue weighted by Crippen LogP contribution is 2.19. The standard InChI is InChI=1S/C11H22N2O/c1-12-6-2-3-10(9-12)13-7-4-11(14)5-8-13/h10-11,14H,2-9H2,1H3. The quantitative estimate of drug-likeness (QED) is 0.666. The second-order valence-corrected chi connectivity index (χ2v) is 4.83. The topological polar surface area (TPSA) is 26.7 Å². The maximum atomic E-state index is 9.44. The van der Waals surface area contributed by atoms with E-state index in [1.807, 2.05) is 0 Å². The van der Waals surface area contributed by atoms with Crippen LogP contribution >= 0.6 is 0 Å². The molecule has 14 heavy (non-hydrogen) atoms. The molecule has 2 rings (SSSR count). The van der Waals surface area contributed by atoms with Gasteiger partial charge >= 0.3 is 0 Å². The lowest BCUT2D eigenvalue weighted by molar-refractivity contribution is 0.0385. The van der Waals surface area contributed by atoms with Crippen molar-refractivity contribution in [3.8, 4) is 0 Å². The Bertz CT molecular complexity index is 178. The molecule has 2 aliphatic rings. The van der Waals surface area contributed by atoms with Crippen LogP contribution in [0.15, 0.2) is 0 Å². The summed E-state index contributed by atoms with van der Waals surface area (Å²) in [6.07, 6.45) is 4.59. The summed E-state index contributed by atoms with van der Waals surface area (Å²) in [6.45, 7) is 4.67. The van der Waals surface area contributed by atoms with Gasteiger partial charge in [-0.15, -0.1) is 0 Å². The zero-order chi connectivity index (χ0) is 9.97. The van der Waals surface area contributed by atoms with E-state index < -0.39 is 0 Å². The summed E-state index contributed by atoms with van der Waals surface area (Å²) >= 11 is 0. The summed E-state index contributed by atoms with van der Waals surface area (Å²) in [4.78, 5) is 5.00. The van der Waals surface area contributed by atoms with E-state index in [1.54, 1.807) is 0 Å². The van der Waals surface area contributed by atoms with Crippen LogP contribution in [0.2, 0.25) is 0 Å². The lowest BCUT2D eigenvalue weighted by Gasteiger charge is -2.40. The summed E-state index contributed by atoms with van der Waals surface area (Å²) in [5, 5.41) is 9.44. The molecule has 0 aromatic heterocycles. The molecule has 3 heteroatoms. The van der Waals surface area contributed by atoms with E-state index in [-0.39, 0.29) is 6.10 Å². The highest BCUT2D eigenvalue weighted by Gasteiger charge is 2.26. The molecule has 2 aliphatic heterocycles. The zero-order valence-corrected chi connectivity index (χ0v) is 9.15. The number of likely N-dealkylation sites (N-methyl/N-ethyl adjacent to an activating group) is 1. The van der Waals surface area contributed by atoms with E-state index in [2.05, 4.69) is 16.8 Å². The molecule has 3 nitrogen and oxygen atoms in total. The molecule has 0 spiro atoms. The minimum Gasteiger partial charge on any atom is -0.393 e. The average molecular weight is 198 g/mol. The smallest absolute Gasteiger partial charge is 0.0564 e. The van der Waals surface area contributed by atoms with Gasteiger partial charge in [0, 0.05) is 25.7 Å². The molecule has 0 aromatic rings. The molecule has 0 saturated carbocycles. The predicted molar refractivity (Wildman–Crippen MR) is 57.3 cm³/mol. The summed E-state index contributed by atoms with van der Waals surface area (Å²) in [5.41, 5.74) is 0. The van der Waals surface area contributed by atoms with Gasteiger partial charge in [0.1, 0.15) is 0 Å². The summed E-state index contributed by atoms with van der Waals surface area (Å²) in [7, 11) is 2.21. The number of hydrogen-bond acceptors (Lipinski definition) is 3. The van der Waals surface area contributed by atoms with Gasteiger partial charge in [0.05, 0.1) is 6.10 Å². The Morgan fingerprint density at radius 3 is 2.43 bits per heavy atom. The third-order valence-electron chi connectivity index (χ3n) is 3.62. The summed E-state index contributed by atoms with van der Waals surface area (Å²) in [6, 6.07) is 0.751. The van der Waals surface area contributed by atoms with Gasteiger partial charge in [-0.1, -0.05) is 0 Å². The molecule has 1 N–H and O–H groups in total. The normalized spacial score (nSPS) is 33.4. The van der Waals surface area contributed by atoms with Crippen LogP contribution in [0.3, 0.4) is 0 Å². The van der Waals surface area contributed by atoms with Crippen molar-refractivity contribution in [3.05, 3.63) is 0 Å². The van der Waals surface area contributed by atoms with E-state index in [4.69, 9.17) is 0 Å². The lowest BCUT2D eigenvalue weighted by atomic mass is 10.0. The first-order valence-corrected chi connectivity index (χ1v) is 5.86. The minimum absolute atomic E-state index is 0.0347. The van der Waals surface area contributed by atoms with Gasteiger partial charge < -0.3 is 10.0 Å². The number of aliphatic hydroxyl groups excluding tert-OH is 1. The Labute approximate surface area is 86.7 Å². The van der Waals surface area contributed by atoms with Crippen LogP contribution in [-0.4, -0.2) is 60.3 Å². The van der Waals surface area contributed by atoms with Gasteiger partial charge in [-0.2, -0.15) is 0 Å². The van der Waals surface area contributed by atoms with Crippen molar-refractivity contribution in [1.82, 2.24) is 9.80 Å². The second-order valence-electron chi connectivity index (χ2n) is 4.83. The molecule has 0 amide bonds. The molecule has 0 aromatic carbocycles. The number of nitrogens with zero attached hydrogens (tertiary/aromatic N) is 2. The van der Waals surface area contributed by atoms with Crippen molar-refractivity contribution in [1.29, 1.82) is 0 Å². The van der Waals surface area contributed by atoms with E-state index in [0.717, 1.165) is 32.0 Å². The molecule has 0 bridgehead atoms. The fraction of sp³-hybridized carbons (Fsp3) is 1.00. The Morgan fingerprint density at radius 1 is 1.07 bits per heavy atom. The van der Waals surface area contributed by atoms with Crippen LogP contribution in [0.5, 0.6) is 0 Å². The Kier molecular flexibility index (Phi) is 3.42. The maximum absolute atomic E-state index is 9.44. The van der Waals surface area contributed by atoms with Crippen LogP contribution in [-0.2, 0) is 0 Å². The second kappa shape index (κ2) is 4.60. The molecule has 2 saturated heterocycles. The fourth-order valence-electron chi connectivity index (χ4n) is 2.69. The molecule has 2 fully saturated rings. The van der Waals surface area contributed by atoms with Gasteiger partial charge in [0.15, 0.2) is 0 Å². The Hall–Kier alpha value is -0.120. The zero-order valence-electron chi connectivity index (χ0n) is 9.15. The van der Waals surface area contributed by atoms with Crippen molar-refractivity contribution >= 4 is 0 Å². The third kappa shape index (κ3) is 2.47. The van der Waals surface area contributed by atoms with Gasteiger partial charge in [-0.05, 0) is 39.3 Å². The molecule has 82 valence electrons. The first kappa shape index (κ1) is 10.4.